The number of carbonyl (C=O) groups is 3. The van der Waals surface area contributed by atoms with E-state index >= 15 is 0 Å². The number of hydrogen-bond acceptors (Lipinski definition) is 6. The van der Waals surface area contributed by atoms with E-state index in [2.05, 4.69) is 118 Å². The van der Waals surface area contributed by atoms with E-state index < -0.39 is 6.10 Å². The fourth-order valence-electron chi connectivity index (χ4n) is 6.57. The van der Waals surface area contributed by atoms with Gasteiger partial charge in [0.05, 0.1) is 0 Å². The first kappa shape index (κ1) is 58.3. The molecule has 0 saturated carbocycles. The topological polar surface area (TPSA) is 78.9 Å². The minimum absolute atomic E-state index is 0.0983. The van der Waals surface area contributed by atoms with Crippen LogP contribution in [0.3, 0.4) is 0 Å². The lowest BCUT2D eigenvalue weighted by molar-refractivity contribution is -0.167. The predicted octanol–water partition coefficient (Wildman–Crippen LogP) is 16.6. The van der Waals surface area contributed by atoms with Crippen LogP contribution in [-0.4, -0.2) is 37.2 Å². The summed E-state index contributed by atoms with van der Waals surface area (Å²) in [7, 11) is 0. The molecule has 0 aromatic rings. The highest BCUT2D eigenvalue weighted by atomic mass is 16.6. The molecular formula is C56H92O6. The number of hydrogen-bond donors (Lipinski definition) is 0. The highest BCUT2D eigenvalue weighted by Gasteiger charge is 2.19. The Bertz CT molecular complexity index is 1260. The molecular weight excluding hydrogens is 769 g/mol. The quantitative estimate of drug-likeness (QED) is 0.0200. The normalized spacial score (nSPS) is 12.9. The summed E-state index contributed by atoms with van der Waals surface area (Å²) < 4.78 is 16.7. The van der Waals surface area contributed by atoms with Gasteiger partial charge in [-0.2, -0.15) is 0 Å². The fourth-order valence-corrected chi connectivity index (χ4v) is 6.57. The number of esters is 3. The molecule has 0 bridgehead atoms. The number of carbonyl (C=O) groups excluding carboxylic acids is 3. The van der Waals surface area contributed by atoms with E-state index in [0.29, 0.717) is 19.3 Å². The Morgan fingerprint density at radius 3 is 1.19 bits per heavy atom. The van der Waals surface area contributed by atoms with Crippen LogP contribution in [-0.2, 0) is 28.6 Å². The minimum Gasteiger partial charge on any atom is -0.462 e. The molecule has 0 aliphatic heterocycles. The maximum Gasteiger partial charge on any atom is 0.306 e. The van der Waals surface area contributed by atoms with Crippen LogP contribution in [0, 0.1) is 0 Å². The number of ether oxygens (including phenoxy) is 3. The van der Waals surface area contributed by atoms with Crippen molar-refractivity contribution in [3.05, 3.63) is 97.2 Å². The van der Waals surface area contributed by atoms with Gasteiger partial charge in [-0.05, 0) is 96.3 Å². The second kappa shape index (κ2) is 50.0. The van der Waals surface area contributed by atoms with Gasteiger partial charge in [-0.3, -0.25) is 14.4 Å². The summed E-state index contributed by atoms with van der Waals surface area (Å²) in [5, 5.41) is 0. The lowest BCUT2D eigenvalue weighted by atomic mass is 10.1. The standard InChI is InChI=1S/C56H92O6/c1-4-7-10-13-16-19-22-24-26-28-29-31-32-34-37-40-43-46-49-55(58)61-52-53(51-60-54(57)48-45-42-39-36-21-18-15-12-9-6-3)62-56(59)50-47-44-41-38-35-33-30-27-25-23-20-17-14-11-8-5-2/h8,11,15-20,22,24-29,31,53H,4-7,9-10,12-14,21,23,30,32-52H2,1-3H3/b11-8-,18-15-,19-16-,20-17-,24-22-,27-25-,28-26-,31-29-. The summed E-state index contributed by atoms with van der Waals surface area (Å²) in [6, 6.07) is 0. The van der Waals surface area contributed by atoms with Gasteiger partial charge in [-0.25, -0.2) is 0 Å². The molecule has 0 aromatic carbocycles. The first-order valence-corrected chi connectivity index (χ1v) is 25.3. The third-order valence-corrected chi connectivity index (χ3v) is 10.4. The van der Waals surface area contributed by atoms with Crippen molar-refractivity contribution in [1.29, 1.82) is 0 Å². The van der Waals surface area contributed by atoms with Crippen LogP contribution in [0.2, 0.25) is 0 Å². The smallest absolute Gasteiger partial charge is 0.306 e. The van der Waals surface area contributed by atoms with E-state index in [9.17, 15) is 14.4 Å². The van der Waals surface area contributed by atoms with Crippen molar-refractivity contribution >= 4 is 17.9 Å². The van der Waals surface area contributed by atoms with Crippen molar-refractivity contribution in [2.75, 3.05) is 13.2 Å². The highest BCUT2D eigenvalue weighted by molar-refractivity contribution is 5.71. The van der Waals surface area contributed by atoms with Gasteiger partial charge in [-0.1, -0.05) is 201 Å². The summed E-state index contributed by atoms with van der Waals surface area (Å²) in [6.45, 7) is 6.39. The number of allylic oxidation sites excluding steroid dienone is 16. The van der Waals surface area contributed by atoms with Gasteiger partial charge in [0, 0.05) is 19.3 Å². The zero-order chi connectivity index (χ0) is 45.1. The molecule has 0 heterocycles. The molecule has 0 rings (SSSR count). The predicted molar refractivity (Wildman–Crippen MR) is 265 cm³/mol. The van der Waals surface area contributed by atoms with Gasteiger partial charge >= 0.3 is 17.9 Å². The fraction of sp³-hybridized carbons (Fsp3) is 0.661. The average molecular weight is 861 g/mol. The Balaban J connectivity index is 4.45. The van der Waals surface area contributed by atoms with E-state index in [-0.39, 0.29) is 31.1 Å². The number of rotatable bonds is 44. The second-order valence-corrected chi connectivity index (χ2v) is 16.4. The monoisotopic (exact) mass is 861 g/mol. The Labute approximate surface area is 381 Å². The minimum atomic E-state index is -0.799. The molecule has 1 unspecified atom stereocenters. The van der Waals surface area contributed by atoms with Crippen LogP contribution < -0.4 is 0 Å². The summed E-state index contributed by atoms with van der Waals surface area (Å²) in [4.78, 5) is 37.9. The Morgan fingerprint density at radius 2 is 0.710 bits per heavy atom. The van der Waals surface area contributed by atoms with Crippen LogP contribution in [0.4, 0.5) is 0 Å². The first-order chi connectivity index (χ1) is 30.5. The summed E-state index contributed by atoms with van der Waals surface area (Å²) in [5.74, 6) is -0.952. The number of unbranched alkanes of at least 4 members (excludes halogenated alkanes) is 20. The lowest BCUT2D eigenvalue weighted by Gasteiger charge is -2.18. The Morgan fingerprint density at radius 1 is 0.355 bits per heavy atom. The summed E-state index contributed by atoms with van der Waals surface area (Å²) >= 11 is 0. The molecule has 0 fully saturated rings. The van der Waals surface area contributed by atoms with Crippen molar-refractivity contribution in [3.8, 4) is 0 Å². The molecule has 0 aliphatic rings. The van der Waals surface area contributed by atoms with Gasteiger partial charge in [0.15, 0.2) is 6.10 Å². The molecule has 352 valence electrons. The molecule has 0 spiro atoms. The van der Waals surface area contributed by atoms with Gasteiger partial charge in [0.1, 0.15) is 13.2 Å². The third-order valence-electron chi connectivity index (χ3n) is 10.4. The Kier molecular flexibility index (Phi) is 47.0. The average Bonchev–Trinajstić information content (AvgIpc) is 3.27. The zero-order valence-corrected chi connectivity index (χ0v) is 40.1. The van der Waals surface area contributed by atoms with E-state index in [1.54, 1.807) is 0 Å². The van der Waals surface area contributed by atoms with Crippen LogP contribution in [0.15, 0.2) is 97.2 Å². The molecule has 6 nitrogen and oxygen atoms in total. The summed E-state index contributed by atoms with van der Waals surface area (Å²) in [6.07, 6.45) is 65.3. The highest BCUT2D eigenvalue weighted by Crippen LogP contribution is 2.13. The third kappa shape index (κ3) is 47.4. The van der Waals surface area contributed by atoms with Crippen molar-refractivity contribution in [3.63, 3.8) is 0 Å². The van der Waals surface area contributed by atoms with E-state index in [0.717, 1.165) is 135 Å². The van der Waals surface area contributed by atoms with Gasteiger partial charge in [0.2, 0.25) is 0 Å². The van der Waals surface area contributed by atoms with E-state index in [1.807, 2.05) is 0 Å². The van der Waals surface area contributed by atoms with Gasteiger partial charge in [0.25, 0.3) is 0 Å². The van der Waals surface area contributed by atoms with Crippen molar-refractivity contribution in [2.24, 2.45) is 0 Å². The molecule has 0 N–H and O–H groups in total. The molecule has 62 heavy (non-hydrogen) atoms. The van der Waals surface area contributed by atoms with E-state index in [4.69, 9.17) is 14.2 Å². The largest absolute Gasteiger partial charge is 0.462 e. The molecule has 0 saturated heterocycles. The van der Waals surface area contributed by atoms with Gasteiger partial charge < -0.3 is 14.2 Å². The second-order valence-electron chi connectivity index (χ2n) is 16.4. The molecule has 6 heteroatoms. The molecule has 0 radical (unpaired) electrons. The maximum atomic E-state index is 12.8. The zero-order valence-electron chi connectivity index (χ0n) is 40.1. The first-order valence-electron chi connectivity index (χ1n) is 25.3. The molecule has 0 aliphatic carbocycles. The van der Waals surface area contributed by atoms with Crippen LogP contribution in [0.1, 0.15) is 220 Å². The van der Waals surface area contributed by atoms with Gasteiger partial charge in [-0.15, -0.1) is 0 Å². The van der Waals surface area contributed by atoms with Crippen LogP contribution >= 0.6 is 0 Å². The maximum absolute atomic E-state index is 12.8. The molecule has 0 aromatic heterocycles. The van der Waals surface area contributed by atoms with Crippen molar-refractivity contribution in [1.82, 2.24) is 0 Å². The molecule has 0 amide bonds. The van der Waals surface area contributed by atoms with Crippen molar-refractivity contribution < 1.29 is 28.6 Å². The van der Waals surface area contributed by atoms with Crippen LogP contribution in [0.5, 0.6) is 0 Å². The lowest BCUT2D eigenvalue weighted by Crippen LogP contribution is -2.30. The Hall–Kier alpha value is -3.67. The van der Waals surface area contributed by atoms with E-state index in [1.165, 1.54) is 44.9 Å². The van der Waals surface area contributed by atoms with Crippen LogP contribution in [0.25, 0.3) is 0 Å². The van der Waals surface area contributed by atoms with Crippen molar-refractivity contribution in [2.45, 2.75) is 226 Å². The summed E-state index contributed by atoms with van der Waals surface area (Å²) in [5.41, 5.74) is 0. The molecule has 1 atom stereocenters. The SMILES string of the molecule is CC/C=C\C/C=C\C/C=C\CCCCCCCCC(=O)OC(COC(=O)CCCCCC/C=C\CCCC)COC(=O)CCCCCCC\C=C/C=C\C=C/C=C\CCCCC.